The molecule has 0 saturated carbocycles. The van der Waals surface area contributed by atoms with Crippen LogP contribution in [0.15, 0.2) is 24.3 Å². The molecule has 0 spiro atoms. The van der Waals surface area contributed by atoms with Gasteiger partial charge < -0.3 is 9.47 Å². The Hall–Kier alpha value is -1.44. The summed E-state index contributed by atoms with van der Waals surface area (Å²) in [6, 6.07) is 6.00. The standard InChI is InChI=1S/C12H14O2/c1-2-3-4-5-10-6-7-11-12(8-10)14-9-13-11/h4-8H,2-3,9H2,1H3/b5-4+. The van der Waals surface area contributed by atoms with Crippen molar-refractivity contribution in [3.63, 3.8) is 0 Å². The quantitative estimate of drug-likeness (QED) is 0.728. The number of rotatable bonds is 3. The molecule has 0 bridgehead atoms. The highest BCUT2D eigenvalue weighted by molar-refractivity contribution is 5.56. The van der Waals surface area contributed by atoms with Crippen LogP contribution in [0.5, 0.6) is 11.5 Å². The molecule has 0 amide bonds. The summed E-state index contributed by atoms with van der Waals surface area (Å²) >= 11 is 0. The first-order valence-corrected chi connectivity index (χ1v) is 4.96. The summed E-state index contributed by atoms with van der Waals surface area (Å²) in [5, 5.41) is 0. The summed E-state index contributed by atoms with van der Waals surface area (Å²) in [4.78, 5) is 0. The molecule has 0 aliphatic carbocycles. The summed E-state index contributed by atoms with van der Waals surface area (Å²) < 4.78 is 10.5. The van der Waals surface area contributed by atoms with Crippen LogP contribution in [-0.2, 0) is 0 Å². The monoisotopic (exact) mass is 190 g/mol. The molecular weight excluding hydrogens is 176 g/mol. The largest absolute Gasteiger partial charge is 0.454 e. The highest BCUT2D eigenvalue weighted by Crippen LogP contribution is 2.32. The number of benzene rings is 1. The van der Waals surface area contributed by atoms with Gasteiger partial charge in [-0.25, -0.2) is 0 Å². The highest BCUT2D eigenvalue weighted by Gasteiger charge is 2.11. The molecule has 0 atom stereocenters. The molecule has 2 rings (SSSR count). The van der Waals surface area contributed by atoms with Crippen molar-refractivity contribution in [1.29, 1.82) is 0 Å². The van der Waals surface area contributed by atoms with E-state index in [1.165, 1.54) is 12.0 Å². The topological polar surface area (TPSA) is 18.5 Å². The lowest BCUT2D eigenvalue weighted by atomic mass is 10.1. The normalized spacial score (nSPS) is 13.8. The Morgan fingerprint density at radius 2 is 2.14 bits per heavy atom. The Morgan fingerprint density at radius 3 is 3.00 bits per heavy atom. The van der Waals surface area contributed by atoms with E-state index in [0.717, 1.165) is 17.9 Å². The van der Waals surface area contributed by atoms with E-state index in [1.54, 1.807) is 0 Å². The van der Waals surface area contributed by atoms with Gasteiger partial charge in [-0.05, 0) is 24.1 Å². The Morgan fingerprint density at radius 1 is 1.29 bits per heavy atom. The Balaban J connectivity index is 2.12. The highest BCUT2D eigenvalue weighted by atomic mass is 16.7. The third-order valence-corrected chi connectivity index (χ3v) is 2.16. The lowest BCUT2D eigenvalue weighted by Gasteiger charge is -1.97. The Kier molecular flexibility index (Phi) is 2.73. The van der Waals surface area contributed by atoms with Crippen molar-refractivity contribution in [2.75, 3.05) is 6.79 Å². The number of allylic oxidation sites excluding steroid dienone is 1. The van der Waals surface area contributed by atoms with Crippen molar-refractivity contribution in [3.8, 4) is 11.5 Å². The van der Waals surface area contributed by atoms with Gasteiger partial charge in [-0.15, -0.1) is 0 Å². The van der Waals surface area contributed by atoms with Crippen molar-refractivity contribution < 1.29 is 9.47 Å². The van der Waals surface area contributed by atoms with Gasteiger partial charge in [0.25, 0.3) is 0 Å². The van der Waals surface area contributed by atoms with E-state index < -0.39 is 0 Å². The maximum absolute atomic E-state index is 5.29. The zero-order valence-corrected chi connectivity index (χ0v) is 8.32. The van der Waals surface area contributed by atoms with E-state index in [-0.39, 0.29) is 0 Å². The van der Waals surface area contributed by atoms with Crippen LogP contribution in [0.3, 0.4) is 0 Å². The number of fused-ring (bicyclic) bond motifs is 1. The van der Waals surface area contributed by atoms with E-state index in [2.05, 4.69) is 19.1 Å². The molecule has 1 aliphatic rings. The second-order valence-corrected chi connectivity index (χ2v) is 3.30. The van der Waals surface area contributed by atoms with Crippen LogP contribution in [0.4, 0.5) is 0 Å². The van der Waals surface area contributed by atoms with E-state index in [1.807, 2.05) is 18.2 Å². The Labute approximate surface area is 84.2 Å². The van der Waals surface area contributed by atoms with Crippen molar-refractivity contribution in [1.82, 2.24) is 0 Å². The van der Waals surface area contributed by atoms with E-state index >= 15 is 0 Å². The predicted molar refractivity (Wildman–Crippen MR) is 56.5 cm³/mol. The first kappa shape index (κ1) is 9.13. The van der Waals surface area contributed by atoms with Gasteiger partial charge in [-0.1, -0.05) is 31.6 Å². The molecule has 1 aliphatic heterocycles. The maximum Gasteiger partial charge on any atom is 0.231 e. The van der Waals surface area contributed by atoms with Crippen LogP contribution >= 0.6 is 0 Å². The molecule has 14 heavy (non-hydrogen) atoms. The zero-order chi connectivity index (χ0) is 9.80. The molecule has 0 fully saturated rings. The molecule has 0 aromatic heterocycles. The first-order valence-electron chi connectivity index (χ1n) is 4.96. The van der Waals surface area contributed by atoms with Crippen molar-refractivity contribution in [3.05, 3.63) is 29.8 Å². The summed E-state index contributed by atoms with van der Waals surface area (Å²) in [6.45, 7) is 2.52. The summed E-state index contributed by atoms with van der Waals surface area (Å²) in [7, 11) is 0. The van der Waals surface area contributed by atoms with Gasteiger partial charge in [0.05, 0.1) is 0 Å². The van der Waals surface area contributed by atoms with Gasteiger partial charge in [0.1, 0.15) is 0 Å². The van der Waals surface area contributed by atoms with Crippen molar-refractivity contribution >= 4 is 6.08 Å². The minimum atomic E-state index is 0.345. The fourth-order valence-electron chi connectivity index (χ4n) is 1.40. The molecule has 1 aromatic rings. The molecular formula is C12H14O2. The van der Waals surface area contributed by atoms with Crippen molar-refractivity contribution in [2.45, 2.75) is 19.8 Å². The minimum absolute atomic E-state index is 0.345. The van der Waals surface area contributed by atoms with E-state index in [4.69, 9.17) is 9.47 Å². The average molecular weight is 190 g/mol. The minimum Gasteiger partial charge on any atom is -0.454 e. The van der Waals surface area contributed by atoms with E-state index in [0.29, 0.717) is 6.79 Å². The van der Waals surface area contributed by atoms with Crippen LogP contribution in [-0.4, -0.2) is 6.79 Å². The summed E-state index contributed by atoms with van der Waals surface area (Å²) in [5.74, 6) is 1.70. The average Bonchev–Trinajstić information content (AvgIpc) is 2.65. The molecule has 0 N–H and O–H groups in total. The van der Waals surface area contributed by atoms with E-state index in [9.17, 15) is 0 Å². The van der Waals surface area contributed by atoms with Gasteiger partial charge in [0, 0.05) is 0 Å². The predicted octanol–water partition coefficient (Wildman–Crippen LogP) is 3.23. The van der Waals surface area contributed by atoms with Gasteiger partial charge in [0.15, 0.2) is 11.5 Å². The number of hydrogen-bond acceptors (Lipinski definition) is 2. The SMILES string of the molecule is CCC/C=C/c1ccc2c(c1)OCO2. The van der Waals surface area contributed by atoms with Crippen LogP contribution in [0.1, 0.15) is 25.3 Å². The lowest BCUT2D eigenvalue weighted by molar-refractivity contribution is 0.174. The van der Waals surface area contributed by atoms with Crippen molar-refractivity contribution in [2.24, 2.45) is 0 Å². The van der Waals surface area contributed by atoms with Crippen LogP contribution in [0.25, 0.3) is 6.08 Å². The molecule has 0 radical (unpaired) electrons. The van der Waals surface area contributed by atoms with Crippen LogP contribution in [0, 0.1) is 0 Å². The Bertz CT molecular complexity index is 342. The molecule has 1 heterocycles. The lowest BCUT2D eigenvalue weighted by Crippen LogP contribution is -1.92. The maximum atomic E-state index is 5.29. The smallest absolute Gasteiger partial charge is 0.231 e. The van der Waals surface area contributed by atoms with Gasteiger partial charge in [0.2, 0.25) is 6.79 Å². The van der Waals surface area contributed by atoms with Gasteiger partial charge in [-0.3, -0.25) is 0 Å². The second-order valence-electron chi connectivity index (χ2n) is 3.30. The molecule has 2 heteroatoms. The first-order chi connectivity index (χ1) is 6.90. The number of ether oxygens (including phenoxy) is 2. The fraction of sp³-hybridized carbons (Fsp3) is 0.333. The third-order valence-electron chi connectivity index (χ3n) is 2.16. The molecule has 74 valence electrons. The second kappa shape index (κ2) is 4.18. The number of unbranched alkanes of at least 4 members (excludes halogenated alkanes) is 1. The van der Waals surface area contributed by atoms with Gasteiger partial charge >= 0.3 is 0 Å². The fourth-order valence-corrected chi connectivity index (χ4v) is 1.40. The third kappa shape index (κ3) is 1.90. The van der Waals surface area contributed by atoms with Crippen LogP contribution in [0.2, 0.25) is 0 Å². The molecule has 0 saturated heterocycles. The van der Waals surface area contributed by atoms with Crippen LogP contribution < -0.4 is 9.47 Å². The summed E-state index contributed by atoms with van der Waals surface area (Å²) in [5.41, 5.74) is 1.17. The molecule has 1 aromatic carbocycles. The zero-order valence-electron chi connectivity index (χ0n) is 8.32. The molecule has 0 unspecified atom stereocenters. The van der Waals surface area contributed by atoms with Gasteiger partial charge in [-0.2, -0.15) is 0 Å². The number of hydrogen-bond donors (Lipinski definition) is 0. The molecule has 2 nitrogen and oxygen atoms in total. The summed E-state index contributed by atoms with van der Waals surface area (Å²) in [6.07, 6.45) is 6.60.